The number of rotatable bonds is 0. The lowest BCUT2D eigenvalue weighted by Crippen LogP contribution is -2.08. The van der Waals surface area contributed by atoms with Crippen molar-refractivity contribution >= 4 is 0 Å². The lowest BCUT2D eigenvalue weighted by atomic mass is 10.1. The smallest absolute Gasteiger partial charge is 0.0312 e. The Kier molecular flexibility index (Phi) is 1.93. The fourth-order valence-electron chi connectivity index (χ4n) is 2.04. The van der Waals surface area contributed by atoms with E-state index in [1.807, 2.05) is 0 Å². The zero-order chi connectivity index (χ0) is 8.55. The molecule has 1 heterocycles. The first-order chi connectivity index (χ1) is 5.77. The molecule has 0 saturated carbocycles. The number of aryl methyl sites for hydroxylation is 2. The summed E-state index contributed by atoms with van der Waals surface area (Å²) in [4.78, 5) is 0. The number of nitrogens with zero attached hydrogens (tertiary/aromatic N) is 1. The van der Waals surface area contributed by atoms with Gasteiger partial charge in [0.15, 0.2) is 0 Å². The molecule has 0 aliphatic heterocycles. The molecule has 1 aliphatic rings. The summed E-state index contributed by atoms with van der Waals surface area (Å²) in [6, 6.07) is 0.281. The summed E-state index contributed by atoms with van der Waals surface area (Å²) in [6.07, 6.45) is 9.32. The van der Waals surface area contributed by atoms with Crippen molar-refractivity contribution in [2.45, 2.75) is 31.7 Å². The fourth-order valence-corrected chi connectivity index (χ4v) is 2.04. The van der Waals surface area contributed by atoms with E-state index < -0.39 is 0 Å². The van der Waals surface area contributed by atoms with Crippen LogP contribution < -0.4 is 5.73 Å². The average Bonchev–Trinajstić information content (AvgIpc) is 2.33. The van der Waals surface area contributed by atoms with Crippen LogP contribution in [0.2, 0.25) is 0 Å². The maximum atomic E-state index is 6.05. The molecule has 0 amide bonds. The van der Waals surface area contributed by atoms with Gasteiger partial charge in [0.25, 0.3) is 0 Å². The second kappa shape index (κ2) is 2.94. The fraction of sp³-hybridized carbons (Fsp3) is 0.600. The van der Waals surface area contributed by atoms with Crippen molar-refractivity contribution in [2.75, 3.05) is 0 Å². The predicted molar refractivity (Wildman–Crippen MR) is 49.9 cm³/mol. The Morgan fingerprint density at radius 1 is 1.42 bits per heavy atom. The van der Waals surface area contributed by atoms with Gasteiger partial charge in [-0.05, 0) is 30.4 Å². The first-order valence-corrected chi connectivity index (χ1v) is 4.67. The van der Waals surface area contributed by atoms with Crippen LogP contribution in [0.3, 0.4) is 0 Å². The number of nitrogens with two attached hydrogens (primary N) is 1. The van der Waals surface area contributed by atoms with Crippen LogP contribution in [0.25, 0.3) is 0 Å². The zero-order valence-corrected chi connectivity index (χ0v) is 7.59. The van der Waals surface area contributed by atoms with Gasteiger partial charge < -0.3 is 10.3 Å². The molecule has 0 bridgehead atoms. The molecule has 1 aliphatic carbocycles. The third-order valence-corrected chi connectivity index (χ3v) is 2.68. The molecule has 1 unspecified atom stereocenters. The first-order valence-electron chi connectivity index (χ1n) is 4.67. The Morgan fingerprint density at radius 3 is 3.08 bits per heavy atom. The Hall–Kier alpha value is -0.760. The molecule has 0 saturated heterocycles. The summed E-state index contributed by atoms with van der Waals surface area (Å²) in [7, 11) is 2.07. The van der Waals surface area contributed by atoms with Crippen molar-refractivity contribution in [1.29, 1.82) is 0 Å². The van der Waals surface area contributed by atoms with Crippen LogP contribution in [0.5, 0.6) is 0 Å². The normalized spacial score (nSPS) is 23.3. The second-order valence-electron chi connectivity index (χ2n) is 3.76. The highest BCUT2D eigenvalue weighted by molar-refractivity contribution is 5.28. The summed E-state index contributed by atoms with van der Waals surface area (Å²) in [5.74, 6) is 0. The second-order valence-corrected chi connectivity index (χ2v) is 3.76. The number of hydrogen-bond acceptors (Lipinski definition) is 1. The largest absolute Gasteiger partial charge is 0.357 e. The molecular formula is C10H16N2. The summed E-state index contributed by atoms with van der Waals surface area (Å²) in [5, 5.41) is 0. The number of fused-ring (bicyclic) bond motifs is 1. The summed E-state index contributed by atoms with van der Waals surface area (Å²) < 4.78 is 2.12. The molecule has 2 heteroatoms. The highest BCUT2D eigenvalue weighted by Crippen LogP contribution is 2.26. The first kappa shape index (κ1) is 7.87. The van der Waals surface area contributed by atoms with Crippen molar-refractivity contribution in [1.82, 2.24) is 4.57 Å². The van der Waals surface area contributed by atoms with Gasteiger partial charge in [-0.1, -0.05) is 6.42 Å². The number of aromatic nitrogens is 1. The van der Waals surface area contributed by atoms with Gasteiger partial charge in [-0.25, -0.2) is 0 Å². The van der Waals surface area contributed by atoms with Gasteiger partial charge in [-0.2, -0.15) is 0 Å². The van der Waals surface area contributed by atoms with Gasteiger partial charge in [-0.15, -0.1) is 0 Å². The molecule has 0 spiro atoms. The van der Waals surface area contributed by atoms with E-state index in [1.54, 1.807) is 0 Å². The van der Waals surface area contributed by atoms with E-state index in [-0.39, 0.29) is 6.04 Å². The van der Waals surface area contributed by atoms with E-state index >= 15 is 0 Å². The molecule has 2 rings (SSSR count). The van der Waals surface area contributed by atoms with Crippen molar-refractivity contribution in [3.63, 3.8) is 0 Å². The van der Waals surface area contributed by atoms with Crippen LogP contribution in [0.4, 0.5) is 0 Å². The van der Waals surface area contributed by atoms with E-state index in [0.717, 1.165) is 6.42 Å². The molecule has 0 radical (unpaired) electrons. The van der Waals surface area contributed by atoms with E-state index in [4.69, 9.17) is 5.73 Å². The Balaban J connectivity index is 2.38. The molecule has 1 aromatic heterocycles. The SMILES string of the molecule is Cn1cc2c(c1)C(N)CCCC2. The van der Waals surface area contributed by atoms with Crippen LogP contribution in [0.1, 0.15) is 36.4 Å². The van der Waals surface area contributed by atoms with Crippen LogP contribution >= 0.6 is 0 Å². The Bertz CT molecular complexity index is 275. The lowest BCUT2D eigenvalue weighted by molar-refractivity contribution is 0.611. The number of hydrogen-bond donors (Lipinski definition) is 1. The van der Waals surface area contributed by atoms with Gasteiger partial charge in [0.1, 0.15) is 0 Å². The van der Waals surface area contributed by atoms with Crippen LogP contribution in [-0.4, -0.2) is 4.57 Å². The maximum Gasteiger partial charge on any atom is 0.0312 e. The minimum atomic E-state index is 0.281. The Labute approximate surface area is 73.4 Å². The topological polar surface area (TPSA) is 30.9 Å². The van der Waals surface area contributed by atoms with Crippen LogP contribution in [0, 0.1) is 0 Å². The molecule has 1 aromatic rings. The summed E-state index contributed by atoms with van der Waals surface area (Å²) in [5.41, 5.74) is 8.88. The zero-order valence-electron chi connectivity index (χ0n) is 7.59. The molecular weight excluding hydrogens is 148 g/mol. The monoisotopic (exact) mass is 164 g/mol. The molecule has 2 N–H and O–H groups in total. The van der Waals surface area contributed by atoms with Crippen molar-refractivity contribution in [2.24, 2.45) is 12.8 Å². The molecule has 12 heavy (non-hydrogen) atoms. The van der Waals surface area contributed by atoms with E-state index in [2.05, 4.69) is 24.0 Å². The minimum Gasteiger partial charge on any atom is -0.357 e. The standard InChI is InChI=1S/C10H16N2/c1-12-6-8-4-2-3-5-10(11)9(8)7-12/h6-7,10H,2-5,11H2,1H3. The molecule has 66 valence electrons. The van der Waals surface area contributed by atoms with E-state index in [1.165, 1.54) is 30.4 Å². The highest BCUT2D eigenvalue weighted by atomic mass is 14.9. The molecule has 2 nitrogen and oxygen atoms in total. The summed E-state index contributed by atoms with van der Waals surface area (Å²) >= 11 is 0. The maximum absolute atomic E-state index is 6.05. The van der Waals surface area contributed by atoms with Gasteiger partial charge in [0.2, 0.25) is 0 Å². The Morgan fingerprint density at radius 2 is 2.25 bits per heavy atom. The highest BCUT2D eigenvalue weighted by Gasteiger charge is 2.15. The quantitative estimate of drug-likeness (QED) is 0.582. The molecule has 1 atom stereocenters. The van der Waals surface area contributed by atoms with Gasteiger partial charge in [0.05, 0.1) is 0 Å². The van der Waals surface area contributed by atoms with E-state index in [9.17, 15) is 0 Å². The molecule has 0 fully saturated rings. The third kappa shape index (κ3) is 1.27. The van der Waals surface area contributed by atoms with Gasteiger partial charge in [0, 0.05) is 25.5 Å². The van der Waals surface area contributed by atoms with Crippen molar-refractivity contribution in [3.8, 4) is 0 Å². The minimum absolute atomic E-state index is 0.281. The van der Waals surface area contributed by atoms with Gasteiger partial charge in [-0.3, -0.25) is 0 Å². The third-order valence-electron chi connectivity index (χ3n) is 2.68. The lowest BCUT2D eigenvalue weighted by Gasteiger charge is -2.06. The van der Waals surface area contributed by atoms with Gasteiger partial charge >= 0.3 is 0 Å². The summed E-state index contributed by atoms with van der Waals surface area (Å²) in [6.45, 7) is 0. The van der Waals surface area contributed by atoms with E-state index in [0.29, 0.717) is 0 Å². The van der Waals surface area contributed by atoms with Crippen molar-refractivity contribution < 1.29 is 0 Å². The van der Waals surface area contributed by atoms with Crippen LogP contribution in [0.15, 0.2) is 12.4 Å². The average molecular weight is 164 g/mol. The predicted octanol–water partition coefficient (Wildman–Crippen LogP) is 1.75. The van der Waals surface area contributed by atoms with Crippen molar-refractivity contribution in [3.05, 3.63) is 23.5 Å². The van der Waals surface area contributed by atoms with Crippen LogP contribution in [-0.2, 0) is 13.5 Å². The molecule has 0 aromatic carbocycles.